The molecule has 0 bridgehead atoms. The molecule has 1 aliphatic heterocycles. The predicted octanol–water partition coefficient (Wildman–Crippen LogP) is 3.01. The maximum atomic E-state index is 12.9. The highest BCUT2D eigenvalue weighted by atomic mass is 16.5. The Kier molecular flexibility index (Phi) is 5.03. The number of carbonyl (C=O) groups excluding carboxylic acids is 1. The Labute approximate surface area is 178 Å². The van der Waals surface area contributed by atoms with Gasteiger partial charge in [-0.3, -0.25) is 14.2 Å². The third-order valence-electron chi connectivity index (χ3n) is 6.12. The highest BCUT2D eigenvalue weighted by Crippen LogP contribution is 2.34. The van der Waals surface area contributed by atoms with Crippen LogP contribution in [0.1, 0.15) is 18.4 Å². The molecule has 1 amide bonds. The molecule has 7 nitrogen and oxygen atoms in total. The Hall–Kier alpha value is -3.45. The molecule has 1 fully saturated rings. The van der Waals surface area contributed by atoms with E-state index >= 15 is 0 Å². The van der Waals surface area contributed by atoms with Gasteiger partial charge in [0, 0.05) is 30.6 Å². The van der Waals surface area contributed by atoms with Gasteiger partial charge in [-0.15, -0.1) is 0 Å². The van der Waals surface area contributed by atoms with Crippen molar-refractivity contribution in [1.29, 1.82) is 0 Å². The standard InChI is InChI=1S/C24H23N3O4/c28-20(25-15-24(10-12-30-13-11-24)17-6-2-1-3-7-17)14-27-16-26-21-18-8-4-5-9-19(18)31-22(21)23(27)29/h1-9,16H,10-15H2,(H,25,28). The van der Waals surface area contributed by atoms with E-state index in [9.17, 15) is 9.59 Å². The number of para-hydroxylation sites is 1. The number of rotatable bonds is 5. The van der Waals surface area contributed by atoms with Crippen molar-refractivity contribution in [2.24, 2.45) is 0 Å². The molecule has 0 unspecified atom stereocenters. The average Bonchev–Trinajstić information content (AvgIpc) is 3.20. The zero-order chi connectivity index (χ0) is 21.3. The molecule has 4 aromatic rings. The second-order valence-corrected chi connectivity index (χ2v) is 7.99. The van der Waals surface area contributed by atoms with Crippen molar-refractivity contribution in [3.63, 3.8) is 0 Å². The fourth-order valence-electron chi connectivity index (χ4n) is 4.33. The van der Waals surface area contributed by atoms with E-state index in [1.54, 1.807) is 6.07 Å². The van der Waals surface area contributed by atoms with Crippen LogP contribution in [0.2, 0.25) is 0 Å². The van der Waals surface area contributed by atoms with E-state index in [4.69, 9.17) is 9.15 Å². The second-order valence-electron chi connectivity index (χ2n) is 7.99. The van der Waals surface area contributed by atoms with Crippen LogP contribution in [0.3, 0.4) is 0 Å². The number of hydrogen-bond donors (Lipinski definition) is 1. The first-order valence-corrected chi connectivity index (χ1v) is 10.4. The van der Waals surface area contributed by atoms with Gasteiger partial charge in [-0.1, -0.05) is 42.5 Å². The normalized spacial score (nSPS) is 15.9. The molecular formula is C24H23N3O4. The second kappa shape index (κ2) is 8.00. The first kappa shape index (κ1) is 19.5. The summed E-state index contributed by atoms with van der Waals surface area (Å²) in [6.45, 7) is 1.71. The third kappa shape index (κ3) is 3.61. The number of amides is 1. The minimum atomic E-state index is -0.361. The van der Waals surface area contributed by atoms with Crippen LogP contribution in [0.25, 0.3) is 22.1 Å². The number of nitrogens with zero attached hydrogens (tertiary/aromatic N) is 2. The first-order chi connectivity index (χ1) is 15.2. The first-order valence-electron chi connectivity index (χ1n) is 10.4. The Bertz CT molecular complexity index is 1290. The number of ether oxygens (including phenoxy) is 1. The number of aromatic nitrogens is 2. The Morgan fingerprint density at radius 2 is 1.81 bits per heavy atom. The lowest BCUT2D eigenvalue weighted by molar-refractivity contribution is -0.122. The lowest BCUT2D eigenvalue weighted by Crippen LogP contribution is -2.45. The quantitative estimate of drug-likeness (QED) is 0.540. The van der Waals surface area contributed by atoms with Crippen molar-refractivity contribution in [2.75, 3.05) is 19.8 Å². The molecule has 3 heterocycles. The summed E-state index contributed by atoms with van der Waals surface area (Å²) in [5.41, 5.74) is 1.96. The highest BCUT2D eigenvalue weighted by Gasteiger charge is 2.34. The van der Waals surface area contributed by atoms with Gasteiger partial charge in [0.2, 0.25) is 11.5 Å². The topological polar surface area (TPSA) is 86.4 Å². The van der Waals surface area contributed by atoms with E-state index < -0.39 is 0 Å². The summed E-state index contributed by atoms with van der Waals surface area (Å²) in [5, 5.41) is 3.82. The summed E-state index contributed by atoms with van der Waals surface area (Å²) in [7, 11) is 0. The maximum absolute atomic E-state index is 12.9. The van der Waals surface area contributed by atoms with Gasteiger partial charge in [0.1, 0.15) is 17.6 Å². The van der Waals surface area contributed by atoms with E-state index in [1.807, 2.05) is 36.4 Å². The number of fused-ring (bicyclic) bond motifs is 3. The Morgan fingerprint density at radius 3 is 2.61 bits per heavy atom. The minimum absolute atomic E-state index is 0.111. The summed E-state index contributed by atoms with van der Waals surface area (Å²) >= 11 is 0. The molecule has 0 atom stereocenters. The number of nitrogens with one attached hydrogen (secondary N) is 1. The Balaban J connectivity index is 1.35. The van der Waals surface area contributed by atoms with Gasteiger partial charge in [-0.05, 0) is 30.5 Å². The van der Waals surface area contributed by atoms with Crippen LogP contribution < -0.4 is 10.9 Å². The zero-order valence-electron chi connectivity index (χ0n) is 17.0. The van der Waals surface area contributed by atoms with Crippen LogP contribution in [-0.4, -0.2) is 35.2 Å². The largest absolute Gasteiger partial charge is 0.448 e. The summed E-state index contributed by atoms with van der Waals surface area (Å²) in [5.74, 6) is -0.235. The molecule has 2 aromatic carbocycles. The van der Waals surface area contributed by atoms with Crippen molar-refractivity contribution in [3.05, 3.63) is 76.8 Å². The molecule has 1 saturated heterocycles. The molecule has 1 N–H and O–H groups in total. The number of furan rings is 1. The van der Waals surface area contributed by atoms with Gasteiger partial charge in [0.15, 0.2) is 0 Å². The van der Waals surface area contributed by atoms with Crippen molar-refractivity contribution < 1.29 is 13.9 Å². The monoisotopic (exact) mass is 417 g/mol. The van der Waals surface area contributed by atoms with E-state index in [0.717, 1.165) is 18.2 Å². The maximum Gasteiger partial charge on any atom is 0.297 e. The van der Waals surface area contributed by atoms with Gasteiger partial charge in [0.05, 0.1) is 6.33 Å². The van der Waals surface area contributed by atoms with E-state index in [1.165, 1.54) is 16.5 Å². The van der Waals surface area contributed by atoms with Crippen LogP contribution in [0, 0.1) is 0 Å². The van der Waals surface area contributed by atoms with Crippen LogP contribution in [0.15, 0.2) is 70.1 Å². The smallest absolute Gasteiger partial charge is 0.297 e. The molecule has 0 aliphatic carbocycles. The van der Waals surface area contributed by atoms with Crippen molar-refractivity contribution >= 4 is 28.0 Å². The van der Waals surface area contributed by atoms with Gasteiger partial charge in [0.25, 0.3) is 5.56 Å². The van der Waals surface area contributed by atoms with E-state index in [-0.39, 0.29) is 29.0 Å². The molecule has 158 valence electrons. The van der Waals surface area contributed by atoms with Crippen LogP contribution in [0.5, 0.6) is 0 Å². The van der Waals surface area contributed by atoms with Crippen LogP contribution in [0.4, 0.5) is 0 Å². The van der Waals surface area contributed by atoms with Gasteiger partial charge < -0.3 is 14.5 Å². The molecule has 0 radical (unpaired) electrons. The summed E-state index contributed by atoms with van der Waals surface area (Å²) in [6, 6.07) is 17.6. The molecule has 7 heteroatoms. The SMILES string of the molecule is O=C(Cn1cnc2c(oc3ccccc32)c1=O)NCC1(c2ccccc2)CCOCC1. The minimum Gasteiger partial charge on any atom is -0.448 e. The van der Waals surface area contributed by atoms with Crippen LogP contribution >= 0.6 is 0 Å². The third-order valence-corrected chi connectivity index (χ3v) is 6.12. The molecule has 5 rings (SSSR count). The summed E-state index contributed by atoms with van der Waals surface area (Å²) in [4.78, 5) is 30.0. The fourth-order valence-corrected chi connectivity index (χ4v) is 4.33. The zero-order valence-corrected chi connectivity index (χ0v) is 17.0. The highest BCUT2D eigenvalue weighted by molar-refractivity contribution is 6.01. The molecule has 2 aromatic heterocycles. The lowest BCUT2D eigenvalue weighted by atomic mass is 9.74. The lowest BCUT2D eigenvalue weighted by Gasteiger charge is -2.38. The number of carbonyl (C=O) groups is 1. The molecule has 0 spiro atoms. The average molecular weight is 417 g/mol. The van der Waals surface area contributed by atoms with Crippen molar-refractivity contribution in [1.82, 2.24) is 14.9 Å². The van der Waals surface area contributed by atoms with Gasteiger partial charge in [-0.25, -0.2) is 4.98 Å². The Morgan fingerprint density at radius 1 is 1.06 bits per heavy atom. The molecule has 31 heavy (non-hydrogen) atoms. The molecular weight excluding hydrogens is 394 g/mol. The summed E-state index contributed by atoms with van der Waals surface area (Å²) < 4.78 is 12.5. The van der Waals surface area contributed by atoms with Gasteiger partial charge >= 0.3 is 0 Å². The predicted molar refractivity (Wildman–Crippen MR) is 117 cm³/mol. The summed E-state index contributed by atoms with van der Waals surface area (Å²) in [6.07, 6.45) is 3.08. The number of benzene rings is 2. The van der Waals surface area contributed by atoms with Crippen molar-refractivity contribution in [3.8, 4) is 0 Å². The van der Waals surface area contributed by atoms with E-state index in [2.05, 4.69) is 22.4 Å². The van der Waals surface area contributed by atoms with Crippen molar-refractivity contribution in [2.45, 2.75) is 24.8 Å². The molecule has 0 saturated carbocycles. The molecule has 1 aliphatic rings. The van der Waals surface area contributed by atoms with E-state index in [0.29, 0.717) is 30.9 Å². The fraction of sp³-hybridized carbons (Fsp3) is 0.292. The van der Waals surface area contributed by atoms with Crippen LogP contribution in [-0.2, 0) is 21.5 Å². The van der Waals surface area contributed by atoms with Gasteiger partial charge in [-0.2, -0.15) is 0 Å². The number of hydrogen-bond acceptors (Lipinski definition) is 5.